The normalized spacial score (nSPS) is 10.5. The van der Waals surface area contributed by atoms with E-state index in [0.29, 0.717) is 17.1 Å². The van der Waals surface area contributed by atoms with E-state index < -0.39 is 4.92 Å². The molecule has 0 saturated carbocycles. The number of nitrogens with zero attached hydrogens (tertiary/aromatic N) is 2. The molecule has 3 aromatic rings. The third-order valence-electron chi connectivity index (χ3n) is 3.52. The van der Waals surface area contributed by atoms with E-state index in [-0.39, 0.29) is 17.2 Å². The number of benzene rings is 2. The molecule has 0 aliphatic heterocycles. The fourth-order valence-electron chi connectivity index (χ4n) is 2.32. The van der Waals surface area contributed by atoms with Gasteiger partial charge in [0.1, 0.15) is 11.5 Å². The highest BCUT2D eigenvalue weighted by atomic mass is 16.6. The number of rotatable bonds is 5. The fraction of sp³-hybridized carbons (Fsp3) is 0.0588. The van der Waals surface area contributed by atoms with Crippen molar-refractivity contribution in [3.63, 3.8) is 0 Å². The fourth-order valence-corrected chi connectivity index (χ4v) is 2.32. The highest BCUT2D eigenvalue weighted by molar-refractivity contribution is 5.65. The molecule has 0 fully saturated rings. The molecule has 0 aliphatic carbocycles. The van der Waals surface area contributed by atoms with Crippen LogP contribution in [0.15, 0.2) is 65.1 Å². The molecule has 1 heterocycles. The lowest BCUT2D eigenvalue weighted by Crippen LogP contribution is -1.97. The molecular formula is C17H12N2O5. The molecule has 0 atom stereocenters. The van der Waals surface area contributed by atoms with Gasteiger partial charge in [-0.1, -0.05) is 24.3 Å². The zero-order valence-electron chi connectivity index (χ0n) is 12.4. The Morgan fingerprint density at radius 1 is 0.750 bits per heavy atom. The van der Waals surface area contributed by atoms with Gasteiger partial charge in [-0.3, -0.25) is 20.2 Å². The van der Waals surface area contributed by atoms with Crippen molar-refractivity contribution in [2.24, 2.45) is 0 Å². The first kappa shape index (κ1) is 15.4. The minimum atomic E-state index is -0.455. The minimum absolute atomic E-state index is 0.0203. The first-order chi connectivity index (χ1) is 11.5. The van der Waals surface area contributed by atoms with E-state index in [9.17, 15) is 20.2 Å². The monoisotopic (exact) mass is 324 g/mol. The largest absolute Gasteiger partial charge is 0.456 e. The lowest BCUT2D eigenvalue weighted by Gasteiger charge is -2.00. The first-order valence-electron chi connectivity index (χ1n) is 7.09. The van der Waals surface area contributed by atoms with Gasteiger partial charge < -0.3 is 4.42 Å². The van der Waals surface area contributed by atoms with E-state index >= 15 is 0 Å². The van der Waals surface area contributed by atoms with E-state index in [1.807, 2.05) is 0 Å². The molecule has 1 aromatic heterocycles. The smallest absolute Gasteiger partial charge is 0.269 e. The zero-order chi connectivity index (χ0) is 17.1. The van der Waals surface area contributed by atoms with Crippen LogP contribution >= 0.6 is 0 Å². The maximum Gasteiger partial charge on any atom is 0.269 e. The van der Waals surface area contributed by atoms with Gasteiger partial charge in [0, 0.05) is 33.7 Å². The van der Waals surface area contributed by atoms with Crippen molar-refractivity contribution in [2.45, 2.75) is 6.54 Å². The molecule has 0 spiro atoms. The Morgan fingerprint density at radius 2 is 1.25 bits per heavy atom. The molecular weight excluding hydrogens is 312 g/mol. The Bertz CT molecular complexity index is 882. The summed E-state index contributed by atoms with van der Waals surface area (Å²) in [5, 5.41) is 21.2. The van der Waals surface area contributed by atoms with Gasteiger partial charge in [-0.05, 0) is 24.3 Å². The Hall–Kier alpha value is -3.48. The van der Waals surface area contributed by atoms with Crippen LogP contribution < -0.4 is 0 Å². The third-order valence-corrected chi connectivity index (χ3v) is 3.52. The SMILES string of the molecule is O=[N+]([O-])Cc1ccc(-c2ccc(-c3ccc([N+](=O)[O-])cc3)o2)cc1. The Morgan fingerprint density at radius 3 is 1.71 bits per heavy atom. The minimum Gasteiger partial charge on any atom is -0.456 e. The van der Waals surface area contributed by atoms with Crippen molar-refractivity contribution in [1.82, 2.24) is 0 Å². The highest BCUT2D eigenvalue weighted by Crippen LogP contribution is 2.29. The molecule has 0 aliphatic rings. The summed E-state index contributed by atoms with van der Waals surface area (Å²) in [6.07, 6.45) is 0. The molecule has 24 heavy (non-hydrogen) atoms. The van der Waals surface area contributed by atoms with Crippen molar-refractivity contribution >= 4 is 5.69 Å². The van der Waals surface area contributed by atoms with Gasteiger partial charge in [0.2, 0.25) is 6.54 Å². The van der Waals surface area contributed by atoms with E-state index in [1.54, 1.807) is 48.5 Å². The van der Waals surface area contributed by atoms with Crippen molar-refractivity contribution in [1.29, 1.82) is 0 Å². The molecule has 2 aromatic carbocycles. The number of non-ortho nitro benzene ring substituents is 1. The Kier molecular flexibility index (Phi) is 4.07. The van der Waals surface area contributed by atoms with Crippen LogP contribution in [0.1, 0.15) is 5.56 Å². The van der Waals surface area contributed by atoms with Gasteiger partial charge >= 0.3 is 0 Å². The van der Waals surface area contributed by atoms with Gasteiger partial charge in [-0.25, -0.2) is 0 Å². The molecule has 0 unspecified atom stereocenters. The maximum absolute atomic E-state index is 10.7. The third kappa shape index (κ3) is 3.30. The van der Waals surface area contributed by atoms with Gasteiger partial charge in [0.15, 0.2) is 0 Å². The van der Waals surface area contributed by atoms with E-state index in [4.69, 9.17) is 4.42 Å². The zero-order valence-corrected chi connectivity index (χ0v) is 12.4. The van der Waals surface area contributed by atoms with Gasteiger partial charge in [-0.2, -0.15) is 0 Å². The summed E-state index contributed by atoms with van der Waals surface area (Å²) in [6, 6.07) is 16.6. The van der Waals surface area contributed by atoms with Crippen LogP contribution in [0.4, 0.5) is 5.69 Å². The van der Waals surface area contributed by atoms with E-state index in [1.165, 1.54) is 12.1 Å². The number of nitro benzene ring substituents is 1. The summed E-state index contributed by atoms with van der Waals surface area (Å²) < 4.78 is 5.77. The molecule has 3 rings (SSSR count). The topological polar surface area (TPSA) is 99.4 Å². The van der Waals surface area contributed by atoms with Crippen LogP contribution in [0.2, 0.25) is 0 Å². The quantitative estimate of drug-likeness (QED) is 0.514. The second-order valence-corrected chi connectivity index (χ2v) is 5.16. The molecule has 0 radical (unpaired) electrons. The van der Waals surface area contributed by atoms with E-state index in [2.05, 4.69) is 0 Å². The second-order valence-electron chi connectivity index (χ2n) is 5.16. The summed E-state index contributed by atoms with van der Waals surface area (Å²) in [4.78, 5) is 20.3. The molecule has 120 valence electrons. The van der Waals surface area contributed by atoms with Crippen LogP contribution in [0, 0.1) is 20.2 Å². The average molecular weight is 324 g/mol. The van der Waals surface area contributed by atoms with Crippen molar-refractivity contribution in [2.75, 3.05) is 0 Å². The summed E-state index contributed by atoms with van der Waals surface area (Å²) >= 11 is 0. The first-order valence-corrected chi connectivity index (χ1v) is 7.09. The number of hydrogen-bond donors (Lipinski definition) is 0. The molecule has 7 heteroatoms. The van der Waals surface area contributed by atoms with E-state index in [0.717, 1.165) is 11.1 Å². The average Bonchev–Trinajstić information content (AvgIpc) is 3.05. The van der Waals surface area contributed by atoms with Crippen molar-refractivity contribution in [3.8, 4) is 22.6 Å². The molecule has 0 saturated heterocycles. The Labute approximate surface area is 136 Å². The van der Waals surface area contributed by atoms with Gasteiger partial charge in [0.25, 0.3) is 5.69 Å². The summed E-state index contributed by atoms with van der Waals surface area (Å²) in [5.74, 6) is 1.21. The number of hydrogen-bond acceptors (Lipinski definition) is 5. The van der Waals surface area contributed by atoms with Crippen LogP contribution in [-0.2, 0) is 6.54 Å². The highest BCUT2D eigenvalue weighted by Gasteiger charge is 2.10. The van der Waals surface area contributed by atoms with Crippen LogP contribution in [0.3, 0.4) is 0 Å². The summed E-state index contributed by atoms with van der Waals surface area (Å²) in [5.41, 5.74) is 2.17. The predicted molar refractivity (Wildman–Crippen MR) is 86.9 cm³/mol. The number of nitro groups is 2. The summed E-state index contributed by atoms with van der Waals surface area (Å²) in [7, 11) is 0. The predicted octanol–water partition coefficient (Wildman–Crippen LogP) is 4.30. The van der Waals surface area contributed by atoms with Crippen LogP contribution in [0.25, 0.3) is 22.6 Å². The molecule has 0 amide bonds. The second kappa shape index (κ2) is 6.33. The lowest BCUT2D eigenvalue weighted by atomic mass is 10.1. The van der Waals surface area contributed by atoms with Gasteiger partial charge in [0.05, 0.1) is 4.92 Å². The van der Waals surface area contributed by atoms with Crippen molar-refractivity contribution in [3.05, 3.63) is 86.5 Å². The van der Waals surface area contributed by atoms with Gasteiger partial charge in [-0.15, -0.1) is 0 Å². The molecule has 7 nitrogen and oxygen atoms in total. The lowest BCUT2D eigenvalue weighted by molar-refractivity contribution is -0.496. The standard InChI is InChI=1S/C17H12N2O5/c20-18(21)11-12-1-3-13(4-2-12)16-9-10-17(24-16)14-5-7-15(8-6-14)19(22)23/h1-10H,11H2. The molecule has 0 bridgehead atoms. The molecule has 0 N–H and O–H groups in total. The number of furan rings is 1. The van der Waals surface area contributed by atoms with Crippen molar-refractivity contribution < 1.29 is 14.3 Å². The van der Waals surface area contributed by atoms with Crippen LogP contribution in [0.5, 0.6) is 0 Å². The van der Waals surface area contributed by atoms with Crippen LogP contribution in [-0.4, -0.2) is 9.85 Å². The Balaban J connectivity index is 1.82. The summed E-state index contributed by atoms with van der Waals surface area (Å²) in [6.45, 7) is -0.216. The maximum atomic E-state index is 10.7.